The summed E-state index contributed by atoms with van der Waals surface area (Å²) in [4.78, 5) is 1.67. The van der Waals surface area contributed by atoms with Gasteiger partial charge in [-0.1, -0.05) is 23.7 Å². The number of thioether (sulfide) groups is 1. The van der Waals surface area contributed by atoms with E-state index in [9.17, 15) is 4.39 Å². The minimum atomic E-state index is -0.206. The fourth-order valence-electron chi connectivity index (χ4n) is 1.46. The molecule has 1 aromatic carbocycles. The predicted molar refractivity (Wildman–Crippen MR) is 76.5 cm³/mol. The number of nitrogens with one attached hydrogen (secondary N) is 1. The van der Waals surface area contributed by atoms with Crippen molar-refractivity contribution in [2.75, 3.05) is 5.75 Å². The molecule has 0 spiro atoms. The first-order chi connectivity index (χ1) is 8.70. The lowest BCUT2D eigenvalue weighted by atomic mass is 10.3. The Kier molecular flexibility index (Phi) is 5.03. The van der Waals surface area contributed by atoms with E-state index in [-0.39, 0.29) is 11.9 Å². The van der Waals surface area contributed by atoms with Crippen LogP contribution in [0.4, 0.5) is 4.39 Å². The molecule has 0 radical (unpaired) electrons. The summed E-state index contributed by atoms with van der Waals surface area (Å²) in [7, 11) is 0. The van der Waals surface area contributed by atoms with Gasteiger partial charge in [0.05, 0.1) is 10.4 Å². The summed E-state index contributed by atoms with van der Waals surface area (Å²) < 4.78 is 14.2. The number of halogens is 2. The monoisotopic (exact) mass is 302 g/mol. The SMILES string of the molecule is NNC(CSc1ccccc1F)c1ccc(Cl)s1. The van der Waals surface area contributed by atoms with Gasteiger partial charge in [-0.15, -0.1) is 23.1 Å². The van der Waals surface area contributed by atoms with Crippen LogP contribution in [0.5, 0.6) is 0 Å². The second kappa shape index (κ2) is 6.54. The molecule has 2 aromatic rings. The van der Waals surface area contributed by atoms with Gasteiger partial charge >= 0.3 is 0 Å². The Balaban J connectivity index is 2.02. The van der Waals surface area contributed by atoms with Crippen LogP contribution in [0, 0.1) is 5.82 Å². The average Bonchev–Trinajstić information content (AvgIpc) is 2.79. The summed E-state index contributed by atoms with van der Waals surface area (Å²) in [6.45, 7) is 0. The smallest absolute Gasteiger partial charge is 0.136 e. The van der Waals surface area contributed by atoms with E-state index in [1.165, 1.54) is 29.2 Å². The van der Waals surface area contributed by atoms with Gasteiger partial charge in [-0.2, -0.15) is 0 Å². The normalized spacial score (nSPS) is 12.6. The van der Waals surface area contributed by atoms with Crippen LogP contribution in [0.2, 0.25) is 4.34 Å². The quantitative estimate of drug-likeness (QED) is 0.501. The minimum Gasteiger partial charge on any atom is -0.271 e. The maximum absolute atomic E-state index is 13.5. The molecule has 1 aromatic heterocycles. The molecule has 18 heavy (non-hydrogen) atoms. The van der Waals surface area contributed by atoms with Gasteiger partial charge in [0, 0.05) is 15.5 Å². The van der Waals surface area contributed by atoms with E-state index in [1.54, 1.807) is 12.1 Å². The van der Waals surface area contributed by atoms with Crippen molar-refractivity contribution in [2.24, 2.45) is 5.84 Å². The number of nitrogens with two attached hydrogens (primary N) is 1. The molecule has 0 saturated carbocycles. The molecular weight excluding hydrogens is 291 g/mol. The molecule has 0 bridgehead atoms. The molecule has 6 heteroatoms. The van der Waals surface area contributed by atoms with Crippen LogP contribution >= 0.6 is 34.7 Å². The Bertz CT molecular complexity index is 518. The van der Waals surface area contributed by atoms with Gasteiger partial charge in [-0.05, 0) is 24.3 Å². The molecular formula is C12H12ClFN2S2. The lowest BCUT2D eigenvalue weighted by Crippen LogP contribution is -2.29. The Hall–Kier alpha value is -0.590. The molecule has 0 aliphatic rings. The number of thiophene rings is 1. The molecule has 0 saturated heterocycles. The molecule has 1 heterocycles. The Morgan fingerprint density at radius 3 is 2.72 bits per heavy atom. The van der Waals surface area contributed by atoms with Gasteiger partial charge in [-0.25, -0.2) is 4.39 Å². The largest absolute Gasteiger partial charge is 0.271 e. The van der Waals surface area contributed by atoms with Crippen LogP contribution in [0.1, 0.15) is 10.9 Å². The van der Waals surface area contributed by atoms with E-state index in [1.807, 2.05) is 18.2 Å². The molecule has 0 aliphatic heterocycles. The minimum absolute atomic E-state index is 0.0351. The van der Waals surface area contributed by atoms with Gasteiger partial charge in [-0.3, -0.25) is 11.3 Å². The van der Waals surface area contributed by atoms with Crippen molar-refractivity contribution in [2.45, 2.75) is 10.9 Å². The van der Waals surface area contributed by atoms with Crippen molar-refractivity contribution in [3.8, 4) is 0 Å². The van der Waals surface area contributed by atoms with E-state index in [2.05, 4.69) is 5.43 Å². The zero-order chi connectivity index (χ0) is 13.0. The third-order valence-corrected chi connectivity index (χ3v) is 4.87. The van der Waals surface area contributed by atoms with Crippen LogP contribution in [-0.2, 0) is 0 Å². The first-order valence-corrected chi connectivity index (χ1v) is 7.47. The van der Waals surface area contributed by atoms with Crippen molar-refractivity contribution < 1.29 is 4.39 Å². The maximum atomic E-state index is 13.5. The Labute approximate surface area is 118 Å². The maximum Gasteiger partial charge on any atom is 0.136 e. The van der Waals surface area contributed by atoms with Gasteiger partial charge < -0.3 is 0 Å². The van der Waals surface area contributed by atoms with E-state index in [4.69, 9.17) is 17.4 Å². The molecule has 2 rings (SSSR count). The van der Waals surface area contributed by atoms with Crippen LogP contribution in [0.15, 0.2) is 41.3 Å². The molecule has 0 fully saturated rings. The number of hydrogen-bond donors (Lipinski definition) is 2. The molecule has 0 amide bonds. The van der Waals surface area contributed by atoms with Gasteiger partial charge in [0.2, 0.25) is 0 Å². The van der Waals surface area contributed by atoms with Crippen LogP contribution in [0.25, 0.3) is 0 Å². The molecule has 0 aliphatic carbocycles. The summed E-state index contributed by atoms with van der Waals surface area (Å²) in [6.07, 6.45) is 0. The lowest BCUT2D eigenvalue weighted by molar-refractivity contribution is 0.598. The van der Waals surface area contributed by atoms with Crippen molar-refractivity contribution in [1.82, 2.24) is 5.43 Å². The number of hydrogen-bond acceptors (Lipinski definition) is 4. The Morgan fingerprint density at radius 2 is 2.11 bits per heavy atom. The van der Waals surface area contributed by atoms with Gasteiger partial charge in [0.15, 0.2) is 0 Å². The fourth-order valence-corrected chi connectivity index (χ4v) is 3.69. The highest BCUT2D eigenvalue weighted by atomic mass is 35.5. The highest BCUT2D eigenvalue weighted by Crippen LogP contribution is 2.31. The summed E-state index contributed by atoms with van der Waals surface area (Å²) in [5, 5.41) is 0. The second-order valence-corrected chi connectivity index (χ2v) is 6.41. The van der Waals surface area contributed by atoms with Crippen LogP contribution in [-0.4, -0.2) is 5.75 Å². The number of benzene rings is 1. The lowest BCUT2D eigenvalue weighted by Gasteiger charge is -2.13. The van der Waals surface area contributed by atoms with Crippen LogP contribution < -0.4 is 11.3 Å². The molecule has 2 nitrogen and oxygen atoms in total. The zero-order valence-corrected chi connectivity index (χ0v) is 11.8. The molecule has 1 unspecified atom stereocenters. The predicted octanol–water partition coefficient (Wildman–Crippen LogP) is 3.84. The van der Waals surface area contributed by atoms with Crippen molar-refractivity contribution in [1.29, 1.82) is 0 Å². The van der Waals surface area contributed by atoms with E-state index in [0.29, 0.717) is 10.6 Å². The third-order valence-electron chi connectivity index (χ3n) is 2.38. The van der Waals surface area contributed by atoms with Crippen LogP contribution in [0.3, 0.4) is 0 Å². The fraction of sp³-hybridized carbons (Fsp3) is 0.167. The molecule has 96 valence electrons. The second-order valence-electron chi connectivity index (χ2n) is 3.60. The summed E-state index contributed by atoms with van der Waals surface area (Å²) in [6, 6.07) is 10.4. The Morgan fingerprint density at radius 1 is 1.33 bits per heavy atom. The highest BCUT2D eigenvalue weighted by molar-refractivity contribution is 7.99. The van der Waals surface area contributed by atoms with E-state index in [0.717, 1.165) is 9.21 Å². The van der Waals surface area contributed by atoms with Gasteiger partial charge in [0.1, 0.15) is 5.82 Å². The first-order valence-electron chi connectivity index (χ1n) is 5.29. The first kappa shape index (κ1) is 13.8. The topological polar surface area (TPSA) is 38.0 Å². The zero-order valence-electron chi connectivity index (χ0n) is 9.40. The summed E-state index contributed by atoms with van der Waals surface area (Å²) in [5.41, 5.74) is 2.73. The highest BCUT2D eigenvalue weighted by Gasteiger charge is 2.13. The van der Waals surface area contributed by atoms with Crippen molar-refractivity contribution in [3.05, 3.63) is 51.4 Å². The van der Waals surface area contributed by atoms with Crippen molar-refractivity contribution in [3.63, 3.8) is 0 Å². The standard InChI is InChI=1S/C12H12ClFN2S2/c13-12-6-5-11(18-12)9(16-15)7-17-10-4-2-1-3-8(10)14/h1-6,9,16H,7,15H2. The van der Waals surface area contributed by atoms with E-state index < -0.39 is 0 Å². The number of rotatable bonds is 5. The average molecular weight is 303 g/mol. The van der Waals surface area contributed by atoms with E-state index >= 15 is 0 Å². The molecule has 1 atom stereocenters. The van der Waals surface area contributed by atoms with Crippen molar-refractivity contribution >= 4 is 34.7 Å². The molecule has 3 N–H and O–H groups in total. The third kappa shape index (κ3) is 3.46. The number of hydrazine groups is 1. The summed E-state index contributed by atoms with van der Waals surface area (Å²) in [5.74, 6) is 5.96. The summed E-state index contributed by atoms with van der Waals surface area (Å²) >= 11 is 8.79. The van der Waals surface area contributed by atoms with Gasteiger partial charge in [0.25, 0.3) is 0 Å².